The Morgan fingerprint density at radius 3 is 2.28 bits per heavy atom. The lowest BCUT2D eigenvalue weighted by atomic mass is 10.1. The summed E-state index contributed by atoms with van der Waals surface area (Å²) < 4.78 is 7.58. The first kappa shape index (κ1) is 15.3. The molecule has 4 aromatic rings. The second kappa shape index (κ2) is 6.70. The standard InChI is InChI=1S/C23H19NO/c1-25-21-12-13-22-20(17-21)14-15-24(22)23(19-10-6-3-7-11-19)16-18-8-4-2-5-9-18/h2-17H,1H3/b23-16+. The van der Waals surface area contributed by atoms with Crippen LogP contribution in [0.3, 0.4) is 0 Å². The lowest BCUT2D eigenvalue weighted by Gasteiger charge is -2.12. The number of rotatable bonds is 4. The molecule has 0 bridgehead atoms. The largest absolute Gasteiger partial charge is 0.497 e. The van der Waals surface area contributed by atoms with E-state index in [-0.39, 0.29) is 0 Å². The third-order valence-electron chi connectivity index (χ3n) is 4.33. The third-order valence-corrected chi connectivity index (χ3v) is 4.33. The number of ether oxygens (including phenoxy) is 1. The van der Waals surface area contributed by atoms with Gasteiger partial charge < -0.3 is 9.30 Å². The van der Waals surface area contributed by atoms with Crippen molar-refractivity contribution in [2.75, 3.05) is 7.11 Å². The number of aromatic nitrogens is 1. The average Bonchev–Trinajstić information content (AvgIpc) is 3.10. The van der Waals surface area contributed by atoms with Gasteiger partial charge in [-0.25, -0.2) is 0 Å². The van der Waals surface area contributed by atoms with E-state index in [0.717, 1.165) is 22.3 Å². The molecule has 0 amide bonds. The summed E-state index contributed by atoms with van der Waals surface area (Å²) in [5, 5.41) is 1.16. The number of nitrogens with zero attached hydrogens (tertiary/aromatic N) is 1. The maximum Gasteiger partial charge on any atom is 0.119 e. The normalized spacial score (nSPS) is 11.6. The molecule has 1 heterocycles. The third kappa shape index (κ3) is 3.07. The monoisotopic (exact) mass is 325 g/mol. The minimum absolute atomic E-state index is 0.874. The molecule has 0 radical (unpaired) electrons. The molecule has 2 heteroatoms. The van der Waals surface area contributed by atoms with Crippen molar-refractivity contribution in [3.63, 3.8) is 0 Å². The maximum absolute atomic E-state index is 5.35. The first-order valence-corrected chi connectivity index (χ1v) is 8.33. The minimum Gasteiger partial charge on any atom is -0.497 e. The highest BCUT2D eigenvalue weighted by Gasteiger charge is 2.09. The summed E-state index contributed by atoms with van der Waals surface area (Å²) >= 11 is 0. The number of benzene rings is 3. The number of hydrogen-bond acceptors (Lipinski definition) is 1. The van der Waals surface area contributed by atoms with Crippen LogP contribution in [0.25, 0.3) is 22.7 Å². The molecule has 0 N–H and O–H groups in total. The number of methoxy groups -OCH3 is 1. The highest BCUT2D eigenvalue weighted by atomic mass is 16.5. The van der Waals surface area contributed by atoms with Crippen molar-refractivity contribution in [2.45, 2.75) is 0 Å². The molecule has 0 saturated carbocycles. The summed E-state index contributed by atoms with van der Waals surface area (Å²) in [4.78, 5) is 0. The summed E-state index contributed by atoms with van der Waals surface area (Å²) in [5.74, 6) is 0.874. The lowest BCUT2D eigenvalue weighted by molar-refractivity contribution is 0.415. The van der Waals surface area contributed by atoms with Crippen molar-refractivity contribution in [1.82, 2.24) is 4.57 Å². The first-order valence-electron chi connectivity index (χ1n) is 8.33. The summed E-state index contributed by atoms with van der Waals surface area (Å²) in [6.07, 6.45) is 4.34. The van der Waals surface area contributed by atoms with E-state index in [1.165, 1.54) is 11.1 Å². The molecular weight excluding hydrogens is 306 g/mol. The Bertz CT molecular complexity index is 1010. The van der Waals surface area contributed by atoms with E-state index in [9.17, 15) is 0 Å². The summed E-state index contributed by atoms with van der Waals surface area (Å²) in [6, 6.07) is 29.2. The topological polar surface area (TPSA) is 14.2 Å². The summed E-state index contributed by atoms with van der Waals surface area (Å²) in [5.41, 5.74) is 4.66. The molecule has 1 aromatic heterocycles. The van der Waals surface area contributed by atoms with Crippen LogP contribution in [-0.2, 0) is 0 Å². The van der Waals surface area contributed by atoms with Gasteiger partial charge in [-0.1, -0.05) is 60.7 Å². The Morgan fingerprint density at radius 1 is 0.840 bits per heavy atom. The Kier molecular flexibility index (Phi) is 4.09. The van der Waals surface area contributed by atoms with Crippen LogP contribution in [0, 0.1) is 0 Å². The van der Waals surface area contributed by atoms with Crippen LogP contribution in [0.4, 0.5) is 0 Å². The lowest BCUT2D eigenvalue weighted by Crippen LogP contribution is -1.97. The van der Waals surface area contributed by atoms with Crippen LogP contribution >= 0.6 is 0 Å². The van der Waals surface area contributed by atoms with E-state index in [2.05, 4.69) is 83.6 Å². The van der Waals surface area contributed by atoms with E-state index in [1.54, 1.807) is 7.11 Å². The molecule has 0 fully saturated rings. The van der Waals surface area contributed by atoms with Gasteiger partial charge in [-0.2, -0.15) is 0 Å². The van der Waals surface area contributed by atoms with Crippen molar-refractivity contribution < 1.29 is 4.74 Å². The van der Waals surface area contributed by atoms with Gasteiger partial charge in [0.1, 0.15) is 5.75 Å². The molecule has 3 aromatic carbocycles. The van der Waals surface area contributed by atoms with E-state index in [0.29, 0.717) is 0 Å². The van der Waals surface area contributed by atoms with Crippen LogP contribution in [0.1, 0.15) is 11.1 Å². The van der Waals surface area contributed by atoms with Crippen LogP contribution < -0.4 is 4.74 Å². The van der Waals surface area contributed by atoms with Crippen molar-refractivity contribution in [3.8, 4) is 5.75 Å². The van der Waals surface area contributed by atoms with Gasteiger partial charge in [-0.15, -0.1) is 0 Å². The Labute approximate surface area is 147 Å². The molecule has 0 saturated heterocycles. The summed E-state index contributed by atoms with van der Waals surface area (Å²) in [7, 11) is 1.70. The van der Waals surface area contributed by atoms with Gasteiger partial charge in [0, 0.05) is 11.6 Å². The fourth-order valence-corrected chi connectivity index (χ4v) is 3.07. The van der Waals surface area contributed by atoms with E-state index >= 15 is 0 Å². The molecule has 0 spiro atoms. The molecule has 0 atom stereocenters. The zero-order chi connectivity index (χ0) is 17.1. The van der Waals surface area contributed by atoms with Gasteiger partial charge in [0.05, 0.1) is 18.3 Å². The van der Waals surface area contributed by atoms with Crippen molar-refractivity contribution in [1.29, 1.82) is 0 Å². The molecule has 0 aliphatic carbocycles. The van der Waals surface area contributed by atoms with Crippen LogP contribution in [0.5, 0.6) is 5.75 Å². The van der Waals surface area contributed by atoms with Crippen molar-refractivity contribution in [2.24, 2.45) is 0 Å². The first-order chi connectivity index (χ1) is 12.3. The van der Waals surface area contributed by atoms with E-state index in [1.807, 2.05) is 18.2 Å². The molecule has 4 rings (SSSR count). The second-order valence-electron chi connectivity index (χ2n) is 5.92. The Balaban J connectivity index is 1.91. The second-order valence-corrected chi connectivity index (χ2v) is 5.92. The average molecular weight is 325 g/mol. The van der Waals surface area contributed by atoms with Gasteiger partial charge in [0.15, 0.2) is 0 Å². The Hall–Kier alpha value is -3.26. The van der Waals surface area contributed by atoms with Gasteiger partial charge in [0.25, 0.3) is 0 Å². The molecule has 2 nitrogen and oxygen atoms in total. The highest BCUT2D eigenvalue weighted by molar-refractivity contribution is 5.91. The predicted molar refractivity (Wildman–Crippen MR) is 105 cm³/mol. The number of hydrogen-bond donors (Lipinski definition) is 0. The van der Waals surface area contributed by atoms with Crippen molar-refractivity contribution in [3.05, 3.63) is 102 Å². The zero-order valence-electron chi connectivity index (χ0n) is 14.1. The molecule has 122 valence electrons. The number of fused-ring (bicyclic) bond motifs is 1. The summed E-state index contributed by atoms with van der Waals surface area (Å²) in [6.45, 7) is 0. The Morgan fingerprint density at radius 2 is 1.56 bits per heavy atom. The van der Waals surface area contributed by atoms with Crippen molar-refractivity contribution >= 4 is 22.7 Å². The highest BCUT2D eigenvalue weighted by Crippen LogP contribution is 2.28. The van der Waals surface area contributed by atoms with E-state index in [4.69, 9.17) is 4.74 Å². The smallest absolute Gasteiger partial charge is 0.119 e. The van der Waals surface area contributed by atoms with Gasteiger partial charge in [-0.05, 0) is 41.5 Å². The molecule has 25 heavy (non-hydrogen) atoms. The fraction of sp³-hybridized carbons (Fsp3) is 0.0435. The van der Waals surface area contributed by atoms with Crippen LogP contribution in [0.15, 0.2) is 91.1 Å². The quantitative estimate of drug-likeness (QED) is 0.439. The molecule has 0 aliphatic rings. The van der Waals surface area contributed by atoms with Gasteiger partial charge >= 0.3 is 0 Å². The van der Waals surface area contributed by atoms with Gasteiger partial charge in [0.2, 0.25) is 0 Å². The zero-order valence-corrected chi connectivity index (χ0v) is 14.1. The SMILES string of the molecule is COc1ccc2c(ccn2/C(=C/c2ccccc2)c2ccccc2)c1. The van der Waals surface area contributed by atoms with Gasteiger partial charge in [-0.3, -0.25) is 0 Å². The maximum atomic E-state index is 5.35. The minimum atomic E-state index is 0.874. The van der Waals surface area contributed by atoms with Crippen LogP contribution in [-0.4, -0.2) is 11.7 Å². The molecule has 0 unspecified atom stereocenters. The molecular formula is C23H19NO. The molecule has 0 aliphatic heterocycles. The van der Waals surface area contributed by atoms with E-state index < -0.39 is 0 Å². The fourth-order valence-electron chi connectivity index (χ4n) is 3.07. The predicted octanol–water partition coefficient (Wildman–Crippen LogP) is 5.70. The van der Waals surface area contributed by atoms with Crippen LogP contribution in [0.2, 0.25) is 0 Å².